The van der Waals surface area contributed by atoms with E-state index in [-0.39, 0.29) is 12.0 Å². The fourth-order valence-corrected chi connectivity index (χ4v) is 1.80. The van der Waals surface area contributed by atoms with E-state index < -0.39 is 0 Å². The lowest BCUT2D eigenvalue weighted by atomic mass is 10.2. The first-order chi connectivity index (χ1) is 6.38. The Morgan fingerprint density at radius 1 is 1.38 bits per heavy atom. The zero-order chi connectivity index (χ0) is 9.10. The Morgan fingerprint density at radius 3 is 2.77 bits per heavy atom. The van der Waals surface area contributed by atoms with Crippen molar-refractivity contribution in [2.45, 2.75) is 18.9 Å². The van der Waals surface area contributed by atoms with Gasteiger partial charge in [-0.25, -0.2) is 5.32 Å². The van der Waals surface area contributed by atoms with Crippen LogP contribution in [0.2, 0.25) is 0 Å². The third-order valence-electron chi connectivity index (χ3n) is 2.57. The number of carbonyl (C=O) groups is 1. The molecule has 0 aromatic heterocycles. The molecule has 4 heteroatoms. The van der Waals surface area contributed by atoms with E-state index in [4.69, 9.17) is 4.74 Å². The molecule has 0 bridgehead atoms. The van der Waals surface area contributed by atoms with Crippen molar-refractivity contribution in [2.75, 3.05) is 32.8 Å². The number of hydrogen-bond acceptors (Lipinski definition) is 2. The maximum absolute atomic E-state index is 11.8. The van der Waals surface area contributed by atoms with Crippen LogP contribution in [0.1, 0.15) is 12.8 Å². The molecule has 0 saturated carbocycles. The van der Waals surface area contributed by atoms with Gasteiger partial charge in [0.05, 0.1) is 0 Å². The number of rotatable bonds is 1. The summed E-state index contributed by atoms with van der Waals surface area (Å²) >= 11 is 0. The maximum Gasteiger partial charge on any atom is 0.251 e. The second kappa shape index (κ2) is 4.07. The van der Waals surface area contributed by atoms with Crippen LogP contribution in [0, 0.1) is 0 Å². The first-order valence-electron chi connectivity index (χ1n) is 4.91. The lowest BCUT2D eigenvalue weighted by molar-refractivity contribution is -0.141. The van der Waals surface area contributed by atoms with Gasteiger partial charge < -0.3 is 9.64 Å². The quantitative estimate of drug-likeness (QED) is 0.556. The average molecular weight is 183 g/mol. The van der Waals surface area contributed by atoms with Crippen LogP contribution in [0.4, 0.5) is 0 Å². The molecular weight excluding hydrogens is 168 g/mol. The van der Waals surface area contributed by atoms with Gasteiger partial charge in [0, 0.05) is 32.8 Å². The van der Waals surface area contributed by atoms with Crippen molar-refractivity contribution in [3.8, 4) is 0 Å². The van der Waals surface area contributed by atoms with Gasteiger partial charge in [-0.3, -0.25) is 4.79 Å². The Hall–Kier alpha value is -0.610. The highest BCUT2D eigenvalue weighted by molar-refractivity contribution is 5.81. The molecule has 2 heterocycles. The molecule has 73 valence electrons. The highest BCUT2D eigenvalue weighted by Gasteiger charge is 2.28. The smallest absolute Gasteiger partial charge is 0.251 e. The standard InChI is InChI=1S/C9H15N2O2/c12-9(8-2-1-7-13-8)11-5-3-10-4-6-11/h8H,1-7H2/t8-/m0/s1. The summed E-state index contributed by atoms with van der Waals surface area (Å²) in [5, 5.41) is 4.20. The van der Waals surface area contributed by atoms with Crippen LogP contribution in [0.3, 0.4) is 0 Å². The fraction of sp³-hybridized carbons (Fsp3) is 0.889. The van der Waals surface area contributed by atoms with Gasteiger partial charge in [-0.15, -0.1) is 0 Å². The molecule has 0 N–H and O–H groups in total. The van der Waals surface area contributed by atoms with Gasteiger partial charge in [0.15, 0.2) is 0 Å². The molecule has 2 aliphatic rings. The first-order valence-corrected chi connectivity index (χ1v) is 4.91. The number of ether oxygens (including phenoxy) is 1. The summed E-state index contributed by atoms with van der Waals surface area (Å²) in [7, 11) is 0. The third kappa shape index (κ3) is 2.00. The second-order valence-electron chi connectivity index (χ2n) is 3.50. The highest BCUT2D eigenvalue weighted by Crippen LogP contribution is 2.14. The molecule has 2 saturated heterocycles. The Morgan fingerprint density at radius 2 is 2.15 bits per heavy atom. The fourth-order valence-electron chi connectivity index (χ4n) is 1.80. The normalized spacial score (nSPS) is 29.2. The molecule has 0 aromatic rings. The van der Waals surface area contributed by atoms with Gasteiger partial charge >= 0.3 is 0 Å². The van der Waals surface area contributed by atoms with Crippen LogP contribution in [0.5, 0.6) is 0 Å². The summed E-state index contributed by atoms with van der Waals surface area (Å²) in [6.07, 6.45) is 1.76. The number of piperazine rings is 1. The summed E-state index contributed by atoms with van der Waals surface area (Å²) < 4.78 is 5.35. The Bertz CT molecular complexity index is 184. The largest absolute Gasteiger partial charge is 0.368 e. The van der Waals surface area contributed by atoms with Crippen molar-refractivity contribution in [3.05, 3.63) is 0 Å². The molecule has 2 fully saturated rings. The van der Waals surface area contributed by atoms with E-state index in [0.29, 0.717) is 0 Å². The predicted molar refractivity (Wildman–Crippen MR) is 47.4 cm³/mol. The molecule has 2 rings (SSSR count). The van der Waals surface area contributed by atoms with Gasteiger partial charge in [0.2, 0.25) is 0 Å². The molecule has 0 spiro atoms. The molecule has 4 nitrogen and oxygen atoms in total. The first kappa shape index (κ1) is 8.97. The van der Waals surface area contributed by atoms with Crippen molar-refractivity contribution in [1.29, 1.82) is 0 Å². The Labute approximate surface area is 78.2 Å². The molecule has 2 aliphatic heterocycles. The van der Waals surface area contributed by atoms with E-state index in [1.165, 1.54) is 0 Å². The van der Waals surface area contributed by atoms with E-state index in [1.807, 2.05) is 4.90 Å². The monoisotopic (exact) mass is 183 g/mol. The molecule has 1 radical (unpaired) electrons. The zero-order valence-corrected chi connectivity index (χ0v) is 7.74. The van der Waals surface area contributed by atoms with Crippen LogP contribution >= 0.6 is 0 Å². The van der Waals surface area contributed by atoms with Crippen LogP contribution < -0.4 is 5.32 Å². The predicted octanol–water partition coefficient (Wildman–Crippen LogP) is -0.388. The summed E-state index contributed by atoms with van der Waals surface area (Å²) in [6, 6.07) is 0. The van der Waals surface area contributed by atoms with Gasteiger partial charge in [-0.1, -0.05) is 0 Å². The van der Waals surface area contributed by atoms with Gasteiger partial charge in [0.25, 0.3) is 5.91 Å². The molecule has 0 aliphatic carbocycles. The minimum Gasteiger partial charge on any atom is -0.368 e. The molecule has 1 atom stereocenters. The van der Waals surface area contributed by atoms with Crippen LogP contribution in [0.15, 0.2) is 0 Å². The lowest BCUT2D eigenvalue weighted by Crippen LogP contribution is -2.47. The van der Waals surface area contributed by atoms with Gasteiger partial charge in [0.1, 0.15) is 6.10 Å². The van der Waals surface area contributed by atoms with E-state index in [0.717, 1.165) is 45.6 Å². The zero-order valence-electron chi connectivity index (χ0n) is 7.74. The van der Waals surface area contributed by atoms with Crippen molar-refractivity contribution >= 4 is 5.91 Å². The molecule has 0 unspecified atom stereocenters. The van der Waals surface area contributed by atoms with E-state index >= 15 is 0 Å². The van der Waals surface area contributed by atoms with Crippen molar-refractivity contribution < 1.29 is 9.53 Å². The van der Waals surface area contributed by atoms with Crippen LogP contribution in [-0.4, -0.2) is 49.7 Å². The summed E-state index contributed by atoms with van der Waals surface area (Å²) in [5.74, 6) is 0.174. The second-order valence-corrected chi connectivity index (χ2v) is 3.50. The molecule has 13 heavy (non-hydrogen) atoms. The highest BCUT2D eigenvalue weighted by atomic mass is 16.5. The Balaban J connectivity index is 1.87. The van der Waals surface area contributed by atoms with Crippen LogP contribution in [0.25, 0.3) is 0 Å². The minimum absolute atomic E-state index is 0.155. The van der Waals surface area contributed by atoms with Crippen molar-refractivity contribution in [1.82, 2.24) is 10.2 Å². The summed E-state index contributed by atoms with van der Waals surface area (Å²) in [6.45, 7) is 3.88. The number of amides is 1. The Kier molecular flexibility index (Phi) is 2.80. The average Bonchev–Trinajstić information content (AvgIpc) is 2.71. The molecule has 1 amide bonds. The topological polar surface area (TPSA) is 43.6 Å². The van der Waals surface area contributed by atoms with Gasteiger partial charge in [-0.2, -0.15) is 0 Å². The number of nitrogens with zero attached hydrogens (tertiary/aromatic N) is 2. The third-order valence-corrected chi connectivity index (χ3v) is 2.57. The number of carbonyl (C=O) groups excluding carboxylic acids is 1. The minimum atomic E-state index is -0.155. The van der Waals surface area contributed by atoms with E-state index in [1.54, 1.807) is 0 Å². The lowest BCUT2D eigenvalue weighted by Gasteiger charge is -2.28. The molecule has 0 aromatic carbocycles. The number of hydrogen-bond donors (Lipinski definition) is 0. The molecular formula is C9H15N2O2. The van der Waals surface area contributed by atoms with E-state index in [9.17, 15) is 4.79 Å². The summed E-state index contributed by atoms with van der Waals surface area (Å²) in [4.78, 5) is 13.6. The SMILES string of the molecule is O=C([C@@H]1CCCO1)N1CC[N]CC1. The van der Waals surface area contributed by atoms with Crippen molar-refractivity contribution in [2.24, 2.45) is 0 Å². The maximum atomic E-state index is 11.8. The van der Waals surface area contributed by atoms with E-state index in [2.05, 4.69) is 5.32 Å². The van der Waals surface area contributed by atoms with Crippen molar-refractivity contribution in [3.63, 3.8) is 0 Å². The summed E-state index contributed by atoms with van der Waals surface area (Å²) in [5.41, 5.74) is 0. The van der Waals surface area contributed by atoms with Gasteiger partial charge in [-0.05, 0) is 12.8 Å². The van der Waals surface area contributed by atoms with Crippen LogP contribution in [-0.2, 0) is 9.53 Å².